The number of sulfonamides is 1. The fourth-order valence-corrected chi connectivity index (χ4v) is 2.94. The van der Waals surface area contributed by atoms with Gasteiger partial charge in [-0.25, -0.2) is 12.7 Å². The average molecular weight is 308 g/mol. The number of hydrogen-bond donors (Lipinski definition) is 1. The lowest BCUT2D eigenvalue weighted by Gasteiger charge is -2.13. The zero-order valence-electron chi connectivity index (χ0n) is 12.7. The molecule has 0 amide bonds. The zero-order chi connectivity index (χ0) is 15.6. The molecule has 114 valence electrons. The quantitative estimate of drug-likeness (QED) is 0.911. The molecule has 0 aliphatic rings. The number of anilines is 1. The summed E-state index contributed by atoms with van der Waals surface area (Å²) in [6, 6.07) is 6.81. The zero-order valence-corrected chi connectivity index (χ0v) is 13.5. The van der Waals surface area contributed by atoms with Crippen LogP contribution in [0.15, 0.2) is 35.4 Å². The monoisotopic (exact) mass is 308 g/mol. The summed E-state index contributed by atoms with van der Waals surface area (Å²) in [6.07, 6.45) is 1.95. The first-order valence-corrected chi connectivity index (χ1v) is 8.00. The van der Waals surface area contributed by atoms with Gasteiger partial charge in [-0.1, -0.05) is 6.07 Å². The Balaban J connectivity index is 2.17. The molecule has 6 nitrogen and oxygen atoms in total. The second-order valence-corrected chi connectivity index (χ2v) is 7.23. The minimum Gasteiger partial charge on any atom is -0.381 e. The van der Waals surface area contributed by atoms with E-state index in [1.165, 1.54) is 18.4 Å². The van der Waals surface area contributed by atoms with Crippen molar-refractivity contribution in [1.82, 2.24) is 14.1 Å². The van der Waals surface area contributed by atoms with Crippen LogP contribution in [0.4, 0.5) is 5.69 Å². The predicted molar refractivity (Wildman–Crippen MR) is 82.6 cm³/mol. The number of benzene rings is 1. The van der Waals surface area contributed by atoms with Gasteiger partial charge < -0.3 is 5.32 Å². The van der Waals surface area contributed by atoms with Gasteiger partial charge in [-0.3, -0.25) is 4.68 Å². The smallest absolute Gasteiger partial charge is 0.242 e. The largest absolute Gasteiger partial charge is 0.381 e. The molecule has 0 radical (unpaired) electrons. The standard InChI is InChI=1S/C14H20N4O2S/c1-11-12(10-18(4)16-11)9-15-13-6-5-7-14(8-13)21(19,20)17(2)3/h5-8,10,15H,9H2,1-4H3. The van der Waals surface area contributed by atoms with Gasteiger partial charge in [0.1, 0.15) is 0 Å². The molecule has 1 aromatic carbocycles. The molecule has 0 aliphatic carbocycles. The Hall–Kier alpha value is -1.86. The molecule has 2 aromatic rings. The Kier molecular flexibility index (Phi) is 4.34. The molecule has 0 unspecified atom stereocenters. The van der Waals surface area contributed by atoms with Gasteiger partial charge in [-0.2, -0.15) is 5.10 Å². The van der Waals surface area contributed by atoms with Crippen LogP contribution in [-0.2, 0) is 23.6 Å². The number of aryl methyl sites for hydroxylation is 2. The van der Waals surface area contributed by atoms with Crippen LogP contribution >= 0.6 is 0 Å². The highest BCUT2D eigenvalue weighted by Gasteiger charge is 2.17. The van der Waals surface area contributed by atoms with Gasteiger partial charge >= 0.3 is 0 Å². The van der Waals surface area contributed by atoms with E-state index in [9.17, 15) is 8.42 Å². The Bertz CT molecular complexity index is 735. The van der Waals surface area contributed by atoms with Crippen molar-refractivity contribution in [2.24, 2.45) is 7.05 Å². The van der Waals surface area contributed by atoms with Crippen LogP contribution in [0.3, 0.4) is 0 Å². The van der Waals surface area contributed by atoms with Crippen molar-refractivity contribution in [2.75, 3.05) is 19.4 Å². The predicted octanol–water partition coefficient (Wildman–Crippen LogP) is 1.59. The minimum absolute atomic E-state index is 0.278. The van der Waals surface area contributed by atoms with Crippen LogP contribution in [0.1, 0.15) is 11.3 Å². The van der Waals surface area contributed by atoms with Gasteiger partial charge in [0.2, 0.25) is 10.0 Å². The molecule has 0 spiro atoms. The molecule has 0 bridgehead atoms. The molecule has 0 aliphatic heterocycles. The van der Waals surface area contributed by atoms with E-state index >= 15 is 0 Å². The van der Waals surface area contributed by atoms with E-state index in [0.717, 1.165) is 16.9 Å². The third-order valence-corrected chi connectivity index (χ3v) is 5.02. The van der Waals surface area contributed by atoms with E-state index < -0.39 is 10.0 Å². The Morgan fingerprint density at radius 2 is 2.05 bits per heavy atom. The maximum absolute atomic E-state index is 12.1. The number of nitrogens with one attached hydrogen (secondary N) is 1. The lowest BCUT2D eigenvalue weighted by atomic mass is 10.2. The van der Waals surface area contributed by atoms with E-state index in [1.807, 2.05) is 26.2 Å². The summed E-state index contributed by atoms with van der Waals surface area (Å²) >= 11 is 0. The van der Waals surface area contributed by atoms with Crippen molar-refractivity contribution in [3.05, 3.63) is 41.7 Å². The minimum atomic E-state index is -3.41. The van der Waals surface area contributed by atoms with E-state index in [2.05, 4.69) is 10.4 Å². The molecule has 21 heavy (non-hydrogen) atoms. The van der Waals surface area contributed by atoms with Gasteiger partial charge in [0.25, 0.3) is 0 Å². The fourth-order valence-electron chi connectivity index (χ4n) is 2.00. The Labute approximate surface area is 125 Å². The highest BCUT2D eigenvalue weighted by molar-refractivity contribution is 7.89. The van der Waals surface area contributed by atoms with Crippen molar-refractivity contribution < 1.29 is 8.42 Å². The fraction of sp³-hybridized carbons (Fsp3) is 0.357. The second kappa shape index (κ2) is 5.87. The molecular formula is C14H20N4O2S. The van der Waals surface area contributed by atoms with Crippen LogP contribution in [-0.4, -0.2) is 36.6 Å². The number of nitrogens with zero attached hydrogens (tertiary/aromatic N) is 3. The van der Waals surface area contributed by atoms with E-state index in [0.29, 0.717) is 6.54 Å². The maximum atomic E-state index is 12.1. The van der Waals surface area contributed by atoms with Crippen LogP contribution in [0.2, 0.25) is 0 Å². The van der Waals surface area contributed by atoms with Crippen molar-refractivity contribution in [1.29, 1.82) is 0 Å². The van der Waals surface area contributed by atoms with Gasteiger partial charge in [0.15, 0.2) is 0 Å². The molecular weight excluding hydrogens is 288 g/mol. The maximum Gasteiger partial charge on any atom is 0.242 e. The van der Waals surface area contributed by atoms with E-state index in [-0.39, 0.29) is 4.90 Å². The summed E-state index contributed by atoms with van der Waals surface area (Å²) in [5, 5.41) is 7.51. The second-order valence-electron chi connectivity index (χ2n) is 5.08. The lowest BCUT2D eigenvalue weighted by molar-refractivity contribution is 0.521. The van der Waals surface area contributed by atoms with Crippen LogP contribution in [0.25, 0.3) is 0 Å². The number of aromatic nitrogens is 2. The summed E-state index contributed by atoms with van der Waals surface area (Å²) in [4.78, 5) is 0.278. The molecule has 0 saturated heterocycles. The highest BCUT2D eigenvalue weighted by Crippen LogP contribution is 2.18. The lowest BCUT2D eigenvalue weighted by Crippen LogP contribution is -2.22. The van der Waals surface area contributed by atoms with Gasteiger partial charge in [-0.15, -0.1) is 0 Å². The third-order valence-electron chi connectivity index (χ3n) is 3.21. The average Bonchev–Trinajstić information content (AvgIpc) is 2.75. The van der Waals surface area contributed by atoms with Gasteiger partial charge in [0.05, 0.1) is 10.6 Å². The summed E-state index contributed by atoms with van der Waals surface area (Å²) in [7, 11) is 1.51. The first-order valence-electron chi connectivity index (χ1n) is 6.56. The molecule has 1 heterocycles. The Morgan fingerprint density at radius 3 is 2.62 bits per heavy atom. The van der Waals surface area contributed by atoms with E-state index in [4.69, 9.17) is 0 Å². The van der Waals surface area contributed by atoms with Crippen molar-refractivity contribution in [3.8, 4) is 0 Å². The topological polar surface area (TPSA) is 67.2 Å². The van der Waals surface area contributed by atoms with Crippen LogP contribution in [0, 0.1) is 6.92 Å². The Morgan fingerprint density at radius 1 is 1.33 bits per heavy atom. The summed E-state index contributed by atoms with van der Waals surface area (Å²) in [6.45, 7) is 2.55. The van der Waals surface area contributed by atoms with E-state index in [1.54, 1.807) is 22.9 Å². The van der Waals surface area contributed by atoms with Crippen LogP contribution < -0.4 is 5.32 Å². The molecule has 0 fully saturated rings. The summed E-state index contributed by atoms with van der Waals surface area (Å²) in [5.74, 6) is 0. The normalized spacial score (nSPS) is 11.9. The molecule has 1 N–H and O–H groups in total. The molecule has 0 atom stereocenters. The molecule has 0 saturated carbocycles. The molecule has 1 aromatic heterocycles. The van der Waals surface area contributed by atoms with Gasteiger partial charge in [-0.05, 0) is 25.1 Å². The SMILES string of the molecule is Cc1nn(C)cc1CNc1cccc(S(=O)(=O)N(C)C)c1. The molecule has 7 heteroatoms. The number of rotatable bonds is 5. The number of hydrogen-bond acceptors (Lipinski definition) is 4. The summed E-state index contributed by atoms with van der Waals surface area (Å²) in [5.41, 5.74) is 2.81. The van der Waals surface area contributed by atoms with Crippen molar-refractivity contribution in [3.63, 3.8) is 0 Å². The first-order chi connectivity index (χ1) is 9.80. The van der Waals surface area contributed by atoms with Crippen LogP contribution in [0.5, 0.6) is 0 Å². The summed E-state index contributed by atoms with van der Waals surface area (Å²) < 4.78 is 27.2. The van der Waals surface area contributed by atoms with Crippen molar-refractivity contribution in [2.45, 2.75) is 18.4 Å². The van der Waals surface area contributed by atoms with Gasteiger partial charge in [0, 0.05) is 45.1 Å². The third kappa shape index (κ3) is 3.43. The van der Waals surface area contributed by atoms with Crippen molar-refractivity contribution >= 4 is 15.7 Å². The molecule has 2 rings (SSSR count). The first kappa shape index (κ1) is 15.5. The highest BCUT2D eigenvalue weighted by atomic mass is 32.2.